The lowest BCUT2D eigenvalue weighted by molar-refractivity contribution is 0.0874. The van der Waals surface area contributed by atoms with Gasteiger partial charge in [0, 0.05) is 25.8 Å². The fraction of sp³-hybridized carbons (Fsp3) is 0.529. The van der Waals surface area contributed by atoms with Gasteiger partial charge in [0.2, 0.25) is 0 Å². The van der Waals surface area contributed by atoms with Gasteiger partial charge in [0.25, 0.3) is 0 Å². The topological polar surface area (TPSA) is 38.5 Å². The fourth-order valence-corrected chi connectivity index (χ4v) is 2.77. The van der Waals surface area contributed by atoms with Crippen LogP contribution in [0.3, 0.4) is 0 Å². The molecule has 1 unspecified atom stereocenters. The smallest absolute Gasteiger partial charge is 0.0555 e. The molecule has 1 atom stereocenters. The van der Waals surface area contributed by atoms with Gasteiger partial charge in [-0.1, -0.05) is 24.0 Å². The van der Waals surface area contributed by atoms with Gasteiger partial charge in [0.1, 0.15) is 0 Å². The lowest BCUT2D eigenvalue weighted by Crippen LogP contribution is -2.36. The molecule has 1 saturated heterocycles. The van der Waals surface area contributed by atoms with E-state index in [1.165, 1.54) is 24.9 Å². The second-order valence-corrected chi connectivity index (χ2v) is 5.40. The zero-order valence-electron chi connectivity index (χ0n) is 12.3. The Kier molecular flexibility index (Phi) is 6.07. The van der Waals surface area contributed by atoms with Gasteiger partial charge in [-0.2, -0.15) is 0 Å². The molecule has 0 radical (unpaired) electrons. The Morgan fingerprint density at radius 2 is 2.15 bits per heavy atom. The highest BCUT2D eigenvalue weighted by atomic mass is 16.5. The highest BCUT2D eigenvalue weighted by Gasteiger charge is 2.19. The van der Waals surface area contributed by atoms with Crippen molar-refractivity contribution in [1.29, 1.82) is 0 Å². The summed E-state index contributed by atoms with van der Waals surface area (Å²) in [5, 5.41) is 0. The van der Waals surface area contributed by atoms with Crippen LogP contribution in [0.25, 0.3) is 0 Å². The summed E-state index contributed by atoms with van der Waals surface area (Å²) >= 11 is 0. The molecule has 1 aliphatic rings. The minimum atomic E-state index is 0.413. The number of likely N-dealkylation sites (tertiary alicyclic amines) is 1. The summed E-state index contributed by atoms with van der Waals surface area (Å²) in [7, 11) is 1.79. The van der Waals surface area contributed by atoms with Crippen LogP contribution in [-0.2, 0) is 11.3 Å². The Labute approximate surface area is 122 Å². The van der Waals surface area contributed by atoms with Gasteiger partial charge in [0.15, 0.2) is 0 Å². The van der Waals surface area contributed by atoms with E-state index >= 15 is 0 Å². The van der Waals surface area contributed by atoms with Gasteiger partial charge < -0.3 is 10.5 Å². The molecule has 1 aromatic carbocycles. The standard InChI is InChI=1S/C17H24N2O/c1-20-14-17-5-3-11-19(13-17)12-16-8-6-15(7-9-16)4-2-10-18/h6-9,17H,3,5,10-14,18H2,1H3. The molecule has 1 heterocycles. The van der Waals surface area contributed by atoms with E-state index in [4.69, 9.17) is 10.5 Å². The minimum absolute atomic E-state index is 0.413. The SMILES string of the molecule is COCC1CCCN(Cc2ccc(C#CCN)cc2)C1. The highest BCUT2D eigenvalue weighted by molar-refractivity contribution is 5.36. The molecule has 2 N–H and O–H groups in total. The summed E-state index contributed by atoms with van der Waals surface area (Å²) in [5.41, 5.74) is 7.76. The van der Waals surface area contributed by atoms with E-state index in [9.17, 15) is 0 Å². The Morgan fingerprint density at radius 1 is 1.35 bits per heavy atom. The van der Waals surface area contributed by atoms with E-state index in [-0.39, 0.29) is 0 Å². The first-order valence-corrected chi connectivity index (χ1v) is 7.31. The van der Waals surface area contributed by atoms with Crippen LogP contribution in [0.1, 0.15) is 24.0 Å². The third-order valence-electron chi connectivity index (χ3n) is 3.70. The quantitative estimate of drug-likeness (QED) is 0.850. The molecule has 3 nitrogen and oxygen atoms in total. The number of methoxy groups -OCH3 is 1. The van der Waals surface area contributed by atoms with E-state index < -0.39 is 0 Å². The number of benzene rings is 1. The zero-order valence-corrected chi connectivity index (χ0v) is 12.3. The first-order valence-electron chi connectivity index (χ1n) is 7.31. The summed E-state index contributed by atoms with van der Waals surface area (Å²) in [6.45, 7) is 4.64. The molecule has 0 amide bonds. The van der Waals surface area contributed by atoms with Crippen molar-refractivity contribution in [2.45, 2.75) is 19.4 Å². The Hall–Kier alpha value is -1.34. The first-order chi connectivity index (χ1) is 9.81. The van der Waals surface area contributed by atoms with Crippen molar-refractivity contribution in [3.8, 4) is 11.8 Å². The number of rotatable bonds is 4. The molecule has 20 heavy (non-hydrogen) atoms. The van der Waals surface area contributed by atoms with E-state index in [2.05, 4.69) is 41.0 Å². The molecule has 0 spiro atoms. The number of ether oxygens (including phenoxy) is 1. The van der Waals surface area contributed by atoms with Crippen LogP contribution in [0.15, 0.2) is 24.3 Å². The van der Waals surface area contributed by atoms with E-state index in [1.807, 2.05) is 0 Å². The average molecular weight is 272 g/mol. The van der Waals surface area contributed by atoms with E-state index in [1.54, 1.807) is 7.11 Å². The number of nitrogens with zero attached hydrogens (tertiary/aromatic N) is 1. The normalized spacial score (nSPS) is 19.4. The van der Waals surface area contributed by atoms with Gasteiger partial charge in [-0.25, -0.2) is 0 Å². The van der Waals surface area contributed by atoms with Gasteiger partial charge >= 0.3 is 0 Å². The van der Waals surface area contributed by atoms with Crippen LogP contribution in [0.5, 0.6) is 0 Å². The third kappa shape index (κ3) is 4.64. The van der Waals surface area contributed by atoms with E-state index in [0.29, 0.717) is 12.5 Å². The largest absolute Gasteiger partial charge is 0.384 e. The predicted molar refractivity (Wildman–Crippen MR) is 82.3 cm³/mol. The summed E-state index contributed by atoms with van der Waals surface area (Å²) < 4.78 is 5.28. The first kappa shape index (κ1) is 15.1. The number of piperidine rings is 1. The summed E-state index contributed by atoms with van der Waals surface area (Å²) in [6, 6.07) is 8.49. The second-order valence-electron chi connectivity index (χ2n) is 5.40. The molecule has 3 heteroatoms. The molecular weight excluding hydrogens is 248 g/mol. The molecule has 0 bridgehead atoms. The maximum absolute atomic E-state index is 5.38. The van der Waals surface area contributed by atoms with Crippen molar-refractivity contribution < 1.29 is 4.74 Å². The average Bonchev–Trinajstić information content (AvgIpc) is 2.47. The fourth-order valence-electron chi connectivity index (χ4n) is 2.77. The number of nitrogens with two attached hydrogens (primary N) is 1. The second kappa shape index (κ2) is 8.06. The van der Waals surface area contributed by atoms with Crippen molar-refractivity contribution >= 4 is 0 Å². The molecule has 1 fully saturated rings. The highest BCUT2D eigenvalue weighted by Crippen LogP contribution is 2.18. The van der Waals surface area contributed by atoms with Crippen LogP contribution < -0.4 is 5.73 Å². The number of hydrogen-bond acceptors (Lipinski definition) is 3. The lowest BCUT2D eigenvalue weighted by atomic mass is 9.98. The lowest BCUT2D eigenvalue weighted by Gasteiger charge is -2.32. The van der Waals surface area contributed by atoms with Crippen LogP contribution in [0.2, 0.25) is 0 Å². The maximum Gasteiger partial charge on any atom is 0.0555 e. The summed E-state index contributed by atoms with van der Waals surface area (Å²) in [6.07, 6.45) is 2.56. The molecule has 108 valence electrons. The van der Waals surface area contributed by atoms with Crippen LogP contribution in [0.4, 0.5) is 0 Å². The Morgan fingerprint density at radius 3 is 2.85 bits per heavy atom. The molecule has 1 aliphatic heterocycles. The van der Waals surface area contributed by atoms with Crippen LogP contribution in [-0.4, -0.2) is 38.3 Å². The van der Waals surface area contributed by atoms with Crippen molar-refractivity contribution in [3.05, 3.63) is 35.4 Å². The Bertz CT molecular complexity index is 456. The van der Waals surface area contributed by atoms with Gasteiger partial charge in [-0.3, -0.25) is 4.90 Å². The van der Waals surface area contributed by atoms with Crippen molar-refractivity contribution in [2.75, 3.05) is 33.4 Å². The zero-order chi connectivity index (χ0) is 14.2. The molecular formula is C17H24N2O. The summed E-state index contributed by atoms with van der Waals surface area (Å²) in [4.78, 5) is 2.52. The van der Waals surface area contributed by atoms with Gasteiger partial charge in [0.05, 0.1) is 13.2 Å². The minimum Gasteiger partial charge on any atom is -0.384 e. The molecule has 0 aliphatic carbocycles. The molecule has 2 rings (SSSR count). The van der Waals surface area contributed by atoms with Crippen LogP contribution in [0, 0.1) is 17.8 Å². The van der Waals surface area contributed by atoms with E-state index in [0.717, 1.165) is 25.3 Å². The van der Waals surface area contributed by atoms with Crippen LogP contribution >= 0.6 is 0 Å². The third-order valence-corrected chi connectivity index (χ3v) is 3.70. The molecule has 0 saturated carbocycles. The van der Waals surface area contributed by atoms with Gasteiger partial charge in [-0.15, -0.1) is 0 Å². The van der Waals surface area contributed by atoms with Gasteiger partial charge in [-0.05, 0) is 43.0 Å². The number of hydrogen-bond donors (Lipinski definition) is 1. The summed E-state index contributed by atoms with van der Waals surface area (Å²) in [5.74, 6) is 6.62. The van der Waals surface area contributed by atoms with Crippen molar-refractivity contribution in [1.82, 2.24) is 4.90 Å². The molecule has 1 aromatic rings. The predicted octanol–water partition coefficient (Wildman–Crippen LogP) is 1.86. The maximum atomic E-state index is 5.38. The van der Waals surface area contributed by atoms with Crippen molar-refractivity contribution in [3.63, 3.8) is 0 Å². The van der Waals surface area contributed by atoms with Crippen molar-refractivity contribution in [2.24, 2.45) is 11.7 Å². The Balaban J connectivity index is 1.89. The molecule has 0 aromatic heterocycles. The monoisotopic (exact) mass is 272 g/mol.